The van der Waals surface area contributed by atoms with Crippen LogP contribution in [-0.4, -0.2) is 34.3 Å². The number of aromatic nitrogens is 1. The lowest BCUT2D eigenvalue weighted by molar-refractivity contribution is -0.121. The number of aryl methyl sites for hydroxylation is 1. The van der Waals surface area contributed by atoms with Crippen molar-refractivity contribution in [3.63, 3.8) is 0 Å². The average molecular weight is 254 g/mol. The molecule has 1 aliphatic heterocycles. The Balaban J connectivity index is 2.37. The molecule has 7 heteroatoms. The normalized spacial score (nSPS) is 15.7. The molecule has 6 nitrogen and oxygen atoms in total. The number of ketones is 1. The molecule has 0 radical (unpaired) electrons. The van der Waals surface area contributed by atoms with Gasteiger partial charge < -0.3 is 5.11 Å². The van der Waals surface area contributed by atoms with Crippen molar-refractivity contribution in [2.24, 2.45) is 0 Å². The molecule has 0 unspecified atom stereocenters. The molecule has 90 valence electrons. The van der Waals surface area contributed by atoms with E-state index in [9.17, 15) is 14.4 Å². The Labute approximate surface area is 101 Å². The van der Waals surface area contributed by atoms with Gasteiger partial charge in [0.15, 0.2) is 10.9 Å². The van der Waals surface area contributed by atoms with Crippen molar-refractivity contribution in [2.45, 2.75) is 19.8 Å². The molecule has 0 aliphatic carbocycles. The molecule has 17 heavy (non-hydrogen) atoms. The fraction of sp³-hybridized carbons (Fsp3) is 0.400. The van der Waals surface area contributed by atoms with E-state index in [-0.39, 0.29) is 29.5 Å². The first kappa shape index (κ1) is 11.7. The number of rotatable bonds is 3. The third-order valence-electron chi connectivity index (χ3n) is 2.43. The van der Waals surface area contributed by atoms with Crippen LogP contribution in [0.4, 0.5) is 5.13 Å². The summed E-state index contributed by atoms with van der Waals surface area (Å²) in [4.78, 5) is 39.1. The second kappa shape index (κ2) is 4.25. The summed E-state index contributed by atoms with van der Waals surface area (Å²) in [5, 5.41) is 9.27. The average Bonchev–Trinajstić information content (AvgIpc) is 2.81. The van der Waals surface area contributed by atoms with Crippen LogP contribution in [0.1, 0.15) is 28.7 Å². The molecule has 1 N–H and O–H groups in total. The largest absolute Gasteiger partial charge is 0.477 e. The van der Waals surface area contributed by atoms with Gasteiger partial charge in [0.05, 0.1) is 18.7 Å². The summed E-state index contributed by atoms with van der Waals surface area (Å²) in [5.74, 6) is -1.54. The number of amides is 1. The summed E-state index contributed by atoms with van der Waals surface area (Å²) in [5.41, 5.74) is 0.449. The zero-order valence-corrected chi connectivity index (χ0v) is 9.91. The molecule has 1 aromatic heterocycles. The highest BCUT2D eigenvalue weighted by molar-refractivity contribution is 7.17. The second-order valence-electron chi connectivity index (χ2n) is 3.63. The quantitative estimate of drug-likeness (QED) is 0.802. The molecular weight excluding hydrogens is 244 g/mol. The predicted molar refractivity (Wildman–Crippen MR) is 60.4 cm³/mol. The molecular formula is C10H10N2O4S. The summed E-state index contributed by atoms with van der Waals surface area (Å²) in [7, 11) is 0. The number of hydrogen-bond donors (Lipinski definition) is 1. The molecule has 1 aromatic rings. The Morgan fingerprint density at radius 1 is 1.53 bits per heavy atom. The first-order chi connectivity index (χ1) is 8.02. The van der Waals surface area contributed by atoms with Gasteiger partial charge in [-0.3, -0.25) is 14.5 Å². The molecule has 0 saturated carbocycles. The van der Waals surface area contributed by atoms with Crippen molar-refractivity contribution >= 4 is 34.1 Å². The van der Waals surface area contributed by atoms with E-state index < -0.39 is 5.97 Å². The van der Waals surface area contributed by atoms with Crippen molar-refractivity contribution < 1.29 is 19.5 Å². The van der Waals surface area contributed by atoms with Gasteiger partial charge in [0.25, 0.3) is 0 Å². The maximum atomic E-state index is 11.5. The predicted octanol–water partition coefficient (Wildman–Crippen LogP) is 0.710. The van der Waals surface area contributed by atoms with Crippen LogP contribution in [0.3, 0.4) is 0 Å². The summed E-state index contributed by atoms with van der Waals surface area (Å²) >= 11 is 0.937. The van der Waals surface area contributed by atoms with Crippen LogP contribution in [0.5, 0.6) is 0 Å². The number of carboxylic acid groups (broad SMARTS) is 1. The standard InChI is InChI=1S/C10H10N2O4S/c1-2-6-8(9(15)16)17-10(11-6)12-4-5(13)3-7(12)14/h2-4H2,1H3,(H,15,16). The van der Waals surface area contributed by atoms with Crippen molar-refractivity contribution in [3.8, 4) is 0 Å². The molecule has 2 heterocycles. The maximum Gasteiger partial charge on any atom is 0.347 e. The minimum atomic E-state index is -1.05. The Morgan fingerprint density at radius 2 is 2.24 bits per heavy atom. The van der Waals surface area contributed by atoms with Crippen LogP contribution in [0.2, 0.25) is 0 Å². The zero-order valence-electron chi connectivity index (χ0n) is 9.10. The third kappa shape index (κ3) is 2.05. The van der Waals surface area contributed by atoms with Gasteiger partial charge in [-0.1, -0.05) is 18.3 Å². The summed E-state index contributed by atoms with van der Waals surface area (Å²) < 4.78 is 0. The lowest BCUT2D eigenvalue weighted by Gasteiger charge is -2.08. The topological polar surface area (TPSA) is 87.6 Å². The van der Waals surface area contributed by atoms with E-state index in [0.29, 0.717) is 17.2 Å². The Morgan fingerprint density at radius 3 is 2.65 bits per heavy atom. The number of carbonyl (C=O) groups excluding carboxylic acids is 2. The van der Waals surface area contributed by atoms with Gasteiger partial charge in [-0.15, -0.1) is 0 Å². The molecule has 1 saturated heterocycles. The lowest BCUT2D eigenvalue weighted by atomic mass is 10.3. The number of hydrogen-bond acceptors (Lipinski definition) is 5. The molecule has 1 aliphatic rings. The van der Waals surface area contributed by atoms with Gasteiger partial charge >= 0.3 is 5.97 Å². The Hall–Kier alpha value is -1.76. The molecule has 0 aromatic carbocycles. The molecule has 1 amide bonds. The summed E-state index contributed by atoms with van der Waals surface area (Å²) in [6.45, 7) is 1.79. The smallest absolute Gasteiger partial charge is 0.347 e. The summed E-state index contributed by atoms with van der Waals surface area (Å²) in [6.07, 6.45) is 0.359. The summed E-state index contributed by atoms with van der Waals surface area (Å²) in [6, 6.07) is 0. The highest BCUT2D eigenvalue weighted by atomic mass is 32.1. The molecule has 0 spiro atoms. The van der Waals surface area contributed by atoms with Crippen LogP contribution < -0.4 is 4.90 Å². The highest BCUT2D eigenvalue weighted by Crippen LogP contribution is 2.29. The zero-order chi connectivity index (χ0) is 12.6. The fourth-order valence-corrected chi connectivity index (χ4v) is 2.63. The van der Waals surface area contributed by atoms with Crippen LogP contribution in [0.15, 0.2) is 0 Å². The number of thiazole rings is 1. The van der Waals surface area contributed by atoms with E-state index in [1.165, 1.54) is 4.90 Å². The number of aromatic carboxylic acids is 1. The van der Waals surface area contributed by atoms with Crippen molar-refractivity contribution in [1.29, 1.82) is 0 Å². The maximum absolute atomic E-state index is 11.5. The third-order valence-corrected chi connectivity index (χ3v) is 3.54. The Kier molecular flexibility index (Phi) is 2.93. The molecule has 1 fully saturated rings. The molecule has 0 bridgehead atoms. The van der Waals surface area contributed by atoms with E-state index in [2.05, 4.69) is 4.98 Å². The number of anilines is 1. The fourth-order valence-electron chi connectivity index (χ4n) is 1.62. The van der Waals surface area contributed by atoms with Gasteiger partial charge in [-0.05, 0) is 6.42 Å². The van der Waals surface area contributed by atoms with Crippen LogP contribution in [0, 0.1) is 0 Å². The monoisotopic (exact) mass is 254 g/mol. The van der Waals surface area contributed by atoms with Crippen LogP contribution >= 0.6 is 11.3 Å². The van der Waals surface area contributed by atoms with Crippen LogP contribution in [-0.2, 0) is 16.0 Å². The number of Topliss-reactive ketones (excluding diaryl/α,β-unsaturated/α-hetero) is 1. The number of nitrogens with zero attached hydrogens (tertiary/aromatic N) is 2. The van der Waals surface area contributed by atoms with Crippen LogP contribution in [0.25, 0.3) is 0 Å². The minimum absolute atomic E-state index is 0.00540. The SMILES string of the molecule is CCc1nc(N2CC(=O)CC2=O)sc1C(=O)O. The van der Waals surface area contributed by atoms with Gasteiger partial charge in [-0.25, -0.2) is 9.78 Å². The minimum Gasteiger partial charge on any atom is -0.477 e. The van der Waals surface area contributed by atoms with Crippen molar-refractivity contribution in [3.05, 3.63) is 10.6 Å². The van der Waals surface area contributed by atoms with Gasteiger partial charge in [0.1, 0.15) is 4.88 Å². The van der Waals surface area contributed by atoms with Crippen molar-refractivity contribution in [2.75, 3.05) is 11.4 Å². The Bertz CT molecular complexity index is 508. The van der Waals surface area contributed by atoms with E-state index in [0.717, 1.165) is 11.3 Å². The lowest BCUT2D eigenvalue weighted by Crippen LogP contribution is -2.24. The van der Waals surface area contributed by atoms with Gasteiger partial charge in [0.2, 0.25) is 5.91 Å². The first-order valence-corrected chi connectivity index (χ1v) is 5.89. The van der Waals surface area contributed by atoms with Crippen molar-refractivity contribution in [1.82, 2.24) is 4.98 Å². The highest BCUT2D eigenvalue weighted by Gasteiger charge is 2.32. The van der Waals surface area contributed by atoms with E-state index >= 15 is 0 Å². The second-order valence-corrected chi connectivity index (χ2v) is 4.60. The molecule has 2 rings (SSSR count). The van der Waals surface area contributed by atoms with E-state index in [4.69, 9.17) is 5.11 Å². The van der Waals surface area contributed by atoms with Gasteiger partial charge in [-0.2, -0.15) is 0 Å². The first-order valence-electron chi connectivity index (χ1n) is 5.08. The molecule has 0 atom stereocenters. The number of carboxylic acids is 1. The van der Waals surface area contributed by atoms with E-state index in [1.807, 2.05) is 0 Å². The van der Waals surface area contributed by atoms with E-state index in [1.54, 1.807) is 6.92 Å². The van der Waals surface area contributed by atoms with Gasteiger partial charge in [0, 0.05) is 0 Å². The number of carbonyl (C=O) groups is 3.